The molecule has 8 nitrogen and oxygen atoms in total. The number of esters is 1. The molecule has 2 aliphatic heterocycles. The van der Waals surface area contributed by atoms with Crippen LogP contribution in [0.1, 0.15) is 19.8 Å². The summed E-state index contributed by atoms with van der Waals surface area (Å²) in [5, 5.41) is 4.22. The van der Waals surface area contributed by atoms with Gasteiger partial charge in [0.15, 0.2) is 0 Å². The van der Waals surface area contributed by atoms with Gasteiger partial charge in [-0.3, -0.25) is 19.3 Å². The molecule has 2 aliphatic rings. The average molecular weight is 360 g/mol. The first-order chi connectivity index (χ1) is 12.5. The quantitative estimate of drug-likeness (QED) is 0.587. The Morgan fingerprint density at radius 3 is 2.65 bits per heavy atom. The lowest BCUT2D eigenvalue weighted by atomic mass is 9.94. The van der Waals surface area contributed by atoms with Gasteiger partial charge in [-0.1, -0.05) is 6.58 Å². The van der Waals surface area contributed by atoms with Gasteiger partial charge in [0.05, 0.1) is 25.3 Å². The molecular weight excluding hydrogens is 336 g/mol. The summed E-state index contributed by atoms with van der Waals surface area (Å²) in [6.45, 7) is 7.37. The van der Waals surface area contributed by atoms with Crippen LogP contribution < -0.4 is 4.90 Å². The molecule has 0 spiro atoms. The second-order valence-corrected chi connectivity index (χ2v) is 6.57. The fourth-order valence-corrected chi connectivity index (χ4v) is 3.58. The monoisotopic (exact) mass is 360 g/mol. The van der Waals surface area contributed by atoms with Crippen molar-refractivity contribution in [3.63, 3.8) is 0 Å². The molecule has 8 heteroatoms. The van der Waals surface area contributed by atoms with Gasteiger partial charge >= 0.3 is 5.97 Å². The lowest BCUT2D eigenvalue weighted by molar-refractivity contribution is -0.148. The molecule has 0 aromatic carbocycles. The molecule has 0 N–H and O–H groups in total. The van der Waals surface area contributed by atoms with Crippen LogP contribution in [0.25, 0.3) is 0 Å². The van der Waals surface area contributed by atoms with Crippen LogP contribution in [0.5, 0.6) is 0 Å². The number of piperidine rings is 1. The summed E-state index contributed by atoms with van der Waals surface area (Å²) < 4.78 is 6.81. The van der Waals surface area contributed by atoms with Gasteiger partial charge in [-0.15, -0.1) is 0 Å². The second kappa shape index (κ2) is 7.72. The van der Waals surface area contributed by atoms with Gasteiger partial charge in [-0.2, -0.15) is 5.10 Å². The van der Waals surface area contributed by atoms with Crippen molar-refractivity contribution >= 4 is 23.6 Å². The maximum Gasteiger partial charge on any atom is 0.312 e. The van der Waals surface area contributed by atoms with Gasteiger partial charge in [0.2, 0.25) is 11.8 Å². The van der Waals surface area contributed by atoms with Crippen LogP contribution in [0.15, 0.2) is 24.9 Å². The van der Waals surface area contributed by atoms with E-state index in [2.05, 4.69) is 11.7 Å². The van der Waals surface area contributed by atoms with E-state index >= 15 is 0 Å². The third-order valence-electron chi connectivity index (χ3n) is 4.98. The lowest BCUT2D eigenvalue weighted by Crippen LogP contribution is -2.49. The first-order valence-electron chi connectivity index (χ1n) is 8.96. The third kappa shape index (κ3) is 3.49. The van der Waals surface area contributed by atoms with E-state index in [1.807, 2.05) is 0 Å². The Kier molecular flexibility index (Phi) is 5.39. The maximum atomic E-state index is 13.1. The summed E-state index contributed by atoms with van der Waals surface area (Å²) in [5.74, 6) is -0.319. The minimum absolute atomic E-state index is 0.0218. The van der Waals surface area contributed by atoms with Gasteiger partial charge in [-0.25, -0.2) is 4.68 Å². The van der Waals surface area contributed by atoms with Gasteiger partial charge in [-0.05, 0) is 25.8 Å². The Balaban J connectivity index is 1.71. The molecule has 1 fully saturated rings. The zero-order valence-corrected chi connectivity index (χ0v) is 15.0. The largest absolute Gasteiger partial charge is 0.466 e. The number of fused-ring (bicyclic) bond motifs is 1. The van der Waals surface area contributed by atoms with E-state index in [0.717, 1.165) is 0 Å². The predicted molar refractivity (Wildman–Crippen MR) is 94.2 cm³/mol. The summed E-state index contributed by atoms with van der Waals surface area (Å²) in [6, 6.07) is 1.79. The number of hydrogen-bond acceptors (Lipinski definition) is 5. The maximum absolute atomic E-state index is 13.1. The van der Waals surface area contributed by atoms with Crippen molar-refractivity contribution in [1.82, 2.24) is 14.7 Å². The van der Waals surface area contributed by atoms with E-state index < -0.39 is 5.92 Å². The van der Waals surface area contributed by atoms with Gasteiger partial charge in [0.1, 0.15) is 5.82 Å². The normalized spacial score (nSPS) is 20.4. The topological polar surface area (TPSA) is 84.7 Å². The SMILES string of the molecule is C=CC(=O)N1CCC(C(=O)N2CC(C(=O)OCC)Cn3nccc32)CC1. The molecule has 3 heterocycles. The van der Waals surface area contributed by atoms with Crippen molar-refractivity contribution < 1.29 is 19.1 Å². The number of carbonyl (C=O) groups is 3. The molecule has 2 amide bonds. The standard InChI is InChI=1S/C18H24N4O4/c1-3-16(23)20-9-6-13(7-10-20)17(24)21-11-14(18(25)26-4-2)12-22-15(21)5-8-19-22/h3,5,8,13-14H,1,4,6-7,9-12H2,2H3. The molecule has 1 unspecified atom stereocenters. The Bertz CT molecular complexity index is 706. The number of ether oxygens (including phenoxy) is 1. The summed E-state index contributed by atoms with van der Waals surface area (Å²) in [4.78, 5) is 40.3. The van der Waals surface area contributed by atoms with Crippen molar-refractivity contribution in [1.29, 1.82) is 0 Å². The highest BCUT2D eigenvalue weighted by Gasteiger charge is 2.37. The van der Waals surface area contributed by atoms with Crippen molar-refractivity contribution in [2.24, 2.45) is 11.8 Å². The van der Waals surface area contributed by atoms with E-state index in [1.54, 1.807) is 33.7 Å². The average Bonchev–Trinajstić information content (AvgIpc) is 3.15. The molecule has 1 aromatic heterocycles. The highest BCUT2D eigenvalue weighted by Crippen LogP contribution is 2.28. The number of amides is 2. The van der Waals surface area contributed by atoms with Crippen molar-refractivity contribution in [2.45, 2.75) is 26.3 Å². The molecule has 3 rings (SSSR count). The molecule has 0 bridgehead atoms. The first kappa shape index (κ1) is 18.2. The van der Waals surface area contributed by atoms with Gasteiger partial charge in [0, 0.05) is 31.6 Å². The number of carbonyl (C=O) groups excluding carboxylic acids is 3. The van der Waals surface area contributed by atoms with Crippen LogP contribution in [0, 0.1) is 11.8 Å². The fraction of sp³-hybridized carbons (Fsp3) is 0.556. The van der Waals surface area contributed by atoms with Crippen molar-refractivity contribution in [3.05, 3.63) is 24.9 Å². The van der Waals surface area contributed by atoms with Gasteiger partial charge in [0.25, 0.3) is 0 Å². The molecule has 140 valence electrons. The predicted octanol–water partition coefficient (Wildman–Crippen LogP) is 0.834. The molecule has 0 aliphatic carbocycles. The van der Waals surface area contributed by atoms with Crippen LogP contribution in [0.3, 0.4) is 0 Å². The minimum Gasteiger partial charge on any atom is -0.466 e. The number of rotatable bonds is 4. The zero-order valence-electron chi connectivity index (χ0n) is 15.0. The third-order valence-corrected chi connectivity index (χ3v) is 4.98. The first-order valence-corrected chi connectivity index (χ1v) is 8.96. The summed E-state index contributed by atoms with van der Waals surface area (Å²) >= 11 is 0. The highest BCUT2D eigenvalue weighted by molar-refractivity contribution is 5.95. The van der Waals surface area contributed by atoms with E-state index in [1.165, 1.54) is 6.08 Å². The smallest absolute Gasteiger partial charge is 0.312 e. The van der Waals surface area contributed by atoms with Gasteiger partial charge < -0.3 is 9.64 Å². The van der Waals surface area contributed by atoms with Crippen LogP contribution in [0.4, 0.5) is 5.82 Å². The number of likely N-dealkylation sites (tertiary alicyclic amines) is 1. The summed E-state index contributed by atoms with van der Waals surface area (Å²) in [7, 11) is 0. The second-order valence-electron chi connectivity index (χ2n) is 6.57. The van der Waals surface area contributed by atoms with Crippen LogP contribution in [0.2, 0.25) is 0 Å². The van der Waals surface area contributed by atoms with E-state index in [4.69, 9.17) is 4.74 Å². The molecule has 1 saturated heterocycles. The molecule has 0 radical (unpaired) electrons. The van der Waals surface area contributed by atoms with E-state index in [9.17, 15) is 14.4 Å². The van der Waals surface area contributed by atoms with Crippen LogP contribution in [-0.4, -0.2) is 58.7 Å². The number of anilines is 1. The van der Waals surface area contributed by atoms with E-state index in [-0.39, 0.29) is 23.7 Å². The number of aromatic nitrogens is 2. The fourth-order valence-electron chi connectivity index (χ4n) is 3.58. The minimum atomic E-state index is -0.422. The number of nitrogens with zero attached hydrogens (tertiary/aromatic N) is 4. The van der Waals surface area contributed by atoms with Crippen LogP contribution in [-0.2, 0) is 25.7 Å². The molecule has 0 saturated carbocycles. The Labute approximate surface area is 152 Å². The molecule has 1 atom stereocenters. The summed E-state index contributed by atoms with van der Waals surface area (Å²) in [5.41, 5.74) is 0. The molecule has 26 heavy (non-hydrogen) atoms. The summed E-state index contributed by atoms with van der Waals surface area (Å²) in [6.07, 6.45) is 4.14. The number of hydrogen-bond donors (Lipinski definition) is 0. The van der Waals surface area contributed by atoms with Crippen molar-refractivity contribution in [3.8, 4) is 0 Å². The molecular formula is C18H24N4O4. The van der Waals surface area contributed by atoms with Crippen molar-refractivity contribution in [2.75, 3.05) is 31.1 Å². The highest BCUT2D eigenvalue weighted by atomic mass is 16.5. The molecule has 1 aromatic rings. The van der Waals surface area contributed by atoms with E-state index in [0.29, 0.717) is 51.4 Å². The zero-order chi connectivity index (χ0) is 18.7. The Hall–Kier alpha value is -2.64. The Morgan fingerprint density at radius 2 is 2.00 bits per heavy atom. The lowest BCUT2D eigenvalue weighted by Gasteiger charge is -2.37. The Morgan fingerprint density at radius 1 is 1.27 bits per heavy atom. The van der Waals surface area contributed by atoms with Crippen LogP contribution >= 0.6 is 0 Å².